The fourth-order valence-electron chi connectivity index (χ4n) is 1.34. The van der Waals surface area contributed by atoms with E-state index < -0.39 is 0 Å². The van der Waals surface area contributed by atoms with Crippen molar-refractivity contribution in [3.8, 4) is 5.75 Å². The van der Waals surface area contributed by atoms with Gasteiger partial charge in [0.2, 0.25) is 0 Å². The predicted molar refractivity (Wildman–Crippen MR) is 70.5 cm³/mol. The Morgan fingerprint density at radius 3 is 2.41 bits per heavy atom. The van der Waals surface area contributed by atoms with Crippen LogP contribution in [0.1, 0.15) is 0 Å². The van der Waals surface area contributed by atoms with E-state index >= 15 is 0 Å². The summed E-state index contributed by atoms with van der Waals surface area (Å²) in [6.45, 7) is 0. The van der Waals surface area contributed by atoms with Crippen LogP contribution in [0.2, 0.25) is 10.2 Å². The lowest BCUT2D eigenvalue weighted by atomic mass is 10.3. The van der Waals surface area contributed by atoms with Crippen molar-refractivity contribution in [3.05, 3.63) is 46.7 Å². The molecule has 0 saturated heterocycles. The molecule has 88 valence electrons. The number of halogens is 2. The van der Waals surface area contributed by atoms with E-state index in [9.17, 15) is 0 Å². The molecule has 17 heavy (non-hydrogen) atoms. The minimum atomic E-state index is 0.341. The molecule has 0 aliphatic rings. The first-order chi connectivity index (χ1) is 8.20. The van der Waals surface area contributed by atoms with Gasteiger partial charge in [-0.3, -0.25) is 0 Å². The number of nitrogens with one attached hydrogen (secondary N) is 1. The average Bonchev–Trinajstić information content (AvgIpc) is 2.35. The molecule has 3 nitrogen and oxygen atoms in total. The number of pyridine rings is 1. The molecular formula is C12H10Cl2N2O. The summed E-state index contributed by atoms with van der Waals surface area (Å²) in [5, 5.41) is 3.98. The van der Waals surface area contributed by atoms with Crippen LogP contribution >= 0.6 is 23.2 Å². The minimum absolute atomic E-state index is 0.341. The highest BCUT2D eigenvalue weighted by Crippen LogP contribution is 2.31. The molecule has 5 heteroatoms. The van der Waals surface area contributed by atoms with Crippen LogP contribution in [0.4, 0.5) is 11.4 Å². The Kier molecular flexibility index (Phi) is 3.71. The van der Waals surface area contributed by atoms with E-state index in [1.165, 1.54) is 0 Å². The summed E-state index contributed by atoms with van der Waals surface area (Å²) in [6, 6.07) is 9.12. The topological polar surface area (TPSA) is 34.1 Å². The van der Waals surface area contributed by atoms with Crippen LogP contribution in [-0.4, -0.2) is 12.1 Å². The average molecular weight is 269 g/mol. The Balaban J connectivity index is 2.25. The highest BCUT2D eigenvalue weighted by molar-refractivity contribution is 6.38. The molecule has 0 unspecified atom stereocenters. The van der Waals surface area contributed by atoms with Crippen molar-refractivity contribution in [2.75, 3.05) is 12.4 Å². The zero-order chi connectivity index (χ0) is 12.3. The molecule has 0 aliphatic carbocycles. The molecule has 2 rings (SSSR count). The van der Waals surface area contributed by atoms with Crippen molar-refractivity contribution in [2.24, 2.45) is 0 Å². The van der Waals surface area contributed by atoms with E-state index in [1.807, 2.05) is 24.3 Å². The molecule has 0 aliphatic heterocycles. The normalized spacial score (nSPS) is 10.1. The molecule has 0 radical (unpaired) electrons. The zero-order valence-corrected chi connectivity index (χ0v) is 10.6. The van der Waals surface area contributed by atoms with E-state index in [4.69, 9.17) is 27.9 Å². The monoisotopic (exact) mass is 268 g/mol. The lowest BCUT2D eigenvalue weighted by Gasteiger charge is -2.09. The van der Waals surface area contributed by atoms with Crippen molar-refractivity contribution in [3.63, 3.8) is 0 Å². The molecule has 0 fully saturated rings. The van der Waals surface area contributed by atoms with Gasteiger partial charge in [-0.25, -0.2) is 4.98 Å². The van der Waals surface area contributed by atoms with Crippen LogP contribution in [0.5, 0.6) is 5.75 Å². The first-order valence-electron chi connectivity index (χ1n) is 4.92. The summed E-state index contributed by atoms with van der Waals surface area (Å²) in [7, 11) is 1.62. The Morgan fingerprint density at radius 2 is 1.82 bits per heavy atom. The summed E-state index contributed by atoms with van der Waals surface area (Å²) in [5.41, 5.74) is 1.46. The summed E-state index contributed by atoms with van der Waals surface area (Å²) in [6.07, 6.45) is 1.56. The number of hydrogen-bond acceptors (Lipinski definition) is 3. The van der Waals surface area contributed by atoms with Crippen molar-refractivity contribution >= 4 is 34.6 Å². The SMILES string of the molecule is COc1ccc(Nc2c(Cl)ccnc2Cl)cc1. The number of aromatic nitrogens is 1. The molecule has 0 amide bonds. The first-order valence-corrected chi connectivity index (χ1v) is 5.67. The standard InChI is InChI=1S/C12H10Cl2N2O/c1-17-9-4-2-8(3-5-9)16-11-10(13)6-7-15-12(11)14/h2-7,16H,1H3. The van der Waals surface area contributed by atoms with Crippen molar-refractivity contribution in [1.82, 2.24) is 4.98 Å². The van der Waals surface area contributed by atoms with Crippen molar-refractivity contribution < 1.29 is 4.74 Å². The second kappa shape index (κ2) is 5.25. The predicted octanol–water partition coefficient (Wildman–Crippen LogP) is 4.14. The summed E-state index contributed by atoms with van der Waals surface area (Å²) < 4.78 is 5.07. The van der Waals surface area contributed by atoms with Gasteiger partial charge in [0.1, 0.15) is 5.75 Å². The van der Waals surface area contributed by atoms with Crippen molar-refractivity contribution in [2.45, 2.75) is 0 Å². The Hall–Kier alpha value is -1.45. The van der Waals surface area contributed by atoms with Crippen LogP contribution in [0.15, 0.2) is 36.5 Å². The van der Waals surface area contributed by atoms with E-state index in [0.29, 0.717) is 15.9 Å². The fraction of sp³-hybridized carbons (Fsp3) is 0.0833. The van der Waals surface area contributed by atoms with Crippen LogP contribution in [0.3, 0.4) is 0 Å². The van der Waals surface area contributed by atoms with Gasteiger partial charge in [-0.2, -0.15) is 0 Å². The number of methoxy groups -OCH3 is 1. The van der Waals surface area contributed by atoms with Crippen LogP contribution < -0.4 is 10.1 Å². The highest BCUT2D eigenvalue weighted by atomic mass is 35.5. The smallest absolute Gasteiger partial charge is 0.153 e. The van der Waals surface area contributed by atoms with Crippen LogP contribution in [-0.2, 0) is 0 Å². The maximum atomic E-state index is 6.03. The van der Waals surface area contributed by atoms with E-state index in [2.05, 4.69) is 10.3 Å². The van der Waals surface area contributed by atoms with Gasteiger partial charge in [-0.05, 0) is 30.3 Å². The largest absolute Gasteiger partial charge is 0.497 e. The number of nitrogens with zero attached hydrogens (tertiary/aromatic N) is 1. The number of ether oxygens (including phenoxy) is 1. The second-order valence-corrected chi connectivity index (χ2v) is 4.08. The third-order valence-electron chi connectivity index (χ3n) is 2.21. The van der Waals surface area contributed by atoms with Gasteiger partial charge in [0.15, 0.2) is 5.15 Å². The summed E-state index contributed by atoms with van der Waals surface area (Å²) in [5.74, 6) is 0.791. The molecular weight excluding hydrogens is 259 g/mol. The highest BCUT2D eigenvalue weighted by Gasteiger charge is 2.06. The van der Waals surface area contributed by atoms with Crippen LogP contribution in [0.25, 0.3) is 0 Å². The third kappa shape index (κ3) is 2.81. The quantitative estimate of drug-likeness (QED) is 0.850. The lowest BCUT2D eigenvalue weighted by Crippen LogP contribution is -1.94. The molecule has 0 spiro atoms. The number of rotatable bonds is 3. The van der Waals surface area contributed by atoms with Gasteiger partial charge >= 0.3 is 0 Å². The van der Waals surface area contributed by atoms with Crippen molar-refractivity contribution in [1.29, 1.82) is 0 Å². The minimum Gasteiger partial charge on any atom is -0.497 e. The Labute approximate surface area is 109 Å². The number of anilines is 2. The maximum absolute atomic E-state index is 6.03. The van der Waals surface area contributed by atoms with Gasteiger partial charge in [-0.1, -0.05) is 23.2 Å². The number of hydrogen-bond donors (Lipinski definition) is 1. The molecule has 1 aromatic heterocycles. The summed E-state index contributed by atoms with van der Waals surface area (Å²) in [4.78, 5) is 3.96. The van der Waals surface area contributed by atoms with E-state index in [1.54, 1.807) is 19.4 Å². The van der Waals surface area contributed by atoms with E-state index in [-0.39, 0.29) is 0 Å². The zero-order valence-electron chi connectivity index (χ0n) is 9.08. The first kappa shape index (κ1) is 12.0. The van der Waals surface area contributed by atoms with Gasteiger partial charge in [0.25, 0.3) is 0 Å². The second-order valence-electron chi connectivity index (χ2n) is 3.31. The summed E-state index contributed by atoms with van der Waals surface area (Å²) >= 11 is 12.0. The van der Waals surface area contributed by atoms with Gasteiger partial charge in [-0.15, -0.1) is 0 Å². The fourth-order valence-corrected chi connectivity index (χ4v) is 1.79. The Bertz CT molecular complexity index is 494. The maximum Gasteiger partial charge on any atom is 0.153 e. The third-order valence-corrected chi connectivity index (χ3v) is 2.81. The van der Waals surface area contributed by atoms with Gasteiger partial charge in [0, 0.05) is 11.9 Å². The van der Waals surface area contributed by atoms with E-state index in [0.717, 1.165) is 11.4 Å². The molecule has 0 saturated carbocycles. The molecule has 1 aromatic carbocycles. The molecule has 2 aromatic rings. The molecule has 1 heterocycles. The number of benzene rings is 1. The van der Waals surface area contributed by atoms with Crippen LogP contribution in [0, 0.1) is 0 Å². The Morgan fingerprint density at radius 1 is 1.12 bits per heavy atom. The van der Waals surface area contributed by atoms with Gasteiger partial charge in [0.05, 0.1) is 17.8 Å². The molecule has 0 bridgehead atoms. The lowest BCUT2D eigenvalue weighted by molar-refractivity contribution is 0.415. The molecule has 0 atom stereocenters. The molecule has 1 N–H and O–H groups in total. The van der Waals surface area contributed by atoms with Gasteiger partial charge < -0.3 is 10.1 Å².